The summed E-state index contributed by atoms with van der Waals surface area (Å²) in [6.45, 7) is 3.55. The third kappa shape index (κ3) is 2.35. The number of H-pyrrole nitrogens is 1. The predicted octanol–water partition coefficient (Wildman–Crippen LogP) is 2.94. The van der Waals surface area contributed by atoms with Crippen molar-refractivity contribution >= 4 is 25.8 Å². The lowest BCUT2D eigenvalue weighted by Crippen LogP contribution is -2.03. The summed E-state index contributed by atoms with van der Waals surface area (Å²) in [6.07, 6.45) is 0. The minimum atomic E-state index is -3.14. The zero-order valence-corrected chi connectivity index (χ0v) is 12.5. The molecule has 1 aromatic carbocycles. The van der Waals surface area contributed by atoms with Gasteiger partial charge in [-0.25, -0.2) is 8.42 Å². The van der Waals surface area contributed by atoms with E-state index in [1.54, 1.807) is 31.2 Å². The van der Waals surface area contributed by atoms with Gasteiger partial charge in [0.25, 0.3) is 0 Å². The van der Waals surface area contributed by atoms with Crippen LogP contribution in [-0.4, -0.2) is 24.4 Å². The molecule has 4 nitrogen and oxygen atoms in total. The molecule has 2 rings (SSSR count). The smallest absolute Gasteiger partial charge is 0.178 e. The van der Waals surface area contributed by atoms with Crippen LogP contribution in [0, 0.1) is 6.92 Å². The highest BCUT2D eigenvalue weighted by Crippen LogP contribution is 2.29. The SMILES string of the molecule is CCS(=O)(=O)c1ccc(-c2n[nH]c(C)c2Br)cc1. The minimum Gasteiger partial charge on any atom is -0.281 e. The van der Waals surface area contributed by atoms with Gasteiger partial charge in [-0.1, -0.05) is 19.1 Å². The summed E-state index contributed by atoms with van der Waals surface area (Å²) in [7, 11) is -3.14. The quantitative estimate of drug-likeness (QED) is 0.942. The number of sulfone groups is 1. The van der Waals surface area contributed by atoms with Crippen molar-refractivity contribution in [1.29, 1.82) is 0 Å². The summed E-state index contributed by atoms with van der Waals surface area (Å²) in [5.74, 6) is 0.109. The Morgan fingerprint density at radius 3 is 2.33 bits per heavy atom. The molecule has 0 aliphatic rings. The van der Waals surface area contributed by atoms with Gasteiger partial charge in [0.1, 0.15) is 5.69 Å². The topological polar surface area (TPSA) is 62.8 Å². The number of rotatable bonds is 3. The van der Waals surface area contributed by atoms with Crippen molar-refractivity contribution in [3.05, 3.63) is 34.4 Å². The Hall–Kier alpha value is -1.14. The Labute approximate surface area is 114 Å². The Balaban J connectivity index is 2.43. The minimum absolute atomic E-state index is 0.109. The number of nitrogens with zero attached hydrogens (tertiary/aromatic N) is 1. The van der Waals surface area contributed by atoms with Gasteiger partial charge >= 0.3 is 0 Å². The zero-order valence-electron chi connectivity index (χ0n) is 10.1. The fourth-order valence-electron chi connectivity index (χ4n) is 1.59. The molecular formula is C12H13BrN2O2S. The molecule has 0 atom stereocenters. The number of hydrogen-bond donors (Lipinski definition) is 1. The van der Waals surface area contributed by atoms with E-state index in [1.807, 2.05) is 6.92 Å². The van der Waals surface area contributed by atoms with Crippen LogP contribution in [0.1, 0.15) is 12.6 Å². The molecule has 0 saturated heterocycles. The number of nitrogens with one attached hydrogen (secondary N) is 1. The Bertz CT molecular complexity index is 660. The molecule has 18 heavy (non-hydrogen) atoms. The second-order valence-corrected chi connectivity index (χ2v) is 7.01. The van der Waals surface area contributed by atoms with Crippen LogP contribution in [0.5, 0.6) is 0 Å². The summed E-state index contributed by atoms with van der Waals surface area (Å²) in [5.41, 5.74) is 2.60. The summed E-state index contributed by atoms with van der Waals surface area (Å²) in [6, 6.07) is 6.76. The van der Waals surface area contributed by atoms with Crippen molar-refractivity contribution in [2.75, 3.05) is 5.75 Å². The van der Waals surface area contributed by atoms with Gasteiger partial charge in [-0.05, 0) is 35.0 Å². The molecule has 96 valence electrons. The summed E-state index contributed by atoms with van der Waals surface area (Å²) < 4.78 is 24.3. The van der Waals surface area contributed by atoms with Gasteiger partial charge in [0, 0.05) is 11.3 Å². The van der Waals surface area contributed by atoms with Crippen LogP contribution < -0.4 is 0 Å². The molecule has 1 aromatic heterocycles. The summed E-state index contributed by atoms with van der Waals surface area (Å²) in [5, 5.41) is 7.05. The number of benzene rings is 1. The van der Waals surface area contributed by atoms with Crippen molar-refractivity contribution < 1.29 is 8.42 Å². The van der Waals surface area contributed by atoms with Gasteiger partial charge in [0.15, 0.2) is 9.84 Å². The molecule has 1 N–H and O–H groups in total. The van der Waals surface area contributed by atoms with E-state index in [4.69, 9.17) is 0 Å². The highest BCUT2D eigenvalue weighted by molar-refractivity contribution is 9.10. The van der Waals surface area contributed by atoms with Crippen LogP contribution in [0.2, 0.25) is 0 Å². The maximum atomic E-state index is 11.7. The van der Waals surface area contributed by atoms with Crippen molar-refractivity contribution in [3.63, 3.8) is 0 Å². The van der Waals surface area contributed by atoms with Gasteiger partial charge < -0.3 is 0 Å². The molecule has 0 saturated carbocycles. The highest BCUT2D eigenvalue weighted by atomic mass is 79.9. The van der Waals surface area contributed by atoms with E-state index >= 15 is 0 Å². The lowest BCUT2D eigenvalue weighted by Gasteiger charge is -2.02. The molecule has 0 aliphatic heterocycles. The third-order valence-corrected chi connectivity index (χ3v) is 5.46. The van der Waals surface area contributed by atoms with Crippen molar-refractivity contribution in [1.82, 2.24) is 10.2 Å². The molecule has 1 heterocycles. The molecular weight excluding hydrogens is 316 g/mol. The van der Waals surface area contributed by atoms with Gasteiger partial charge in [-0.3, -0.25) is 5.10 Å². The lowest BCUT2D eigenvalue weighted by molar-refractivity contribution is 0.597. The average Bonchev–Trinajstić information content (AvgIpc) is 2.70. The van der Waals surface area contributed by atoms with E-state index in [-0.39, 0.29) is 5.75 Å². The summed E-state index contributed by atoms with van der Waals surface area (Å²) in [4.78, 5) is 0.345. The zero-order chi connectivity index (χ0) is 13.3. The first kappa shape index (κ1) is 13.3. The normalized spacial score (nSPS) is 11.7. The van der Waals surface area contributed by atoms with Crippen molar-refractivity contribution in [2.24, 2.45) is 0 Å². The number of aromatic nitrogens is 2. The third-order valence-electron chi connectivity index (χ3n) is 2.74. The van der Waals surface area contributed by atoms with E-state index in [1.165, 1.54) is 0 Å². The van der Waals surface area contributed by atoms with E-state index in [9.17, 15) is 8.42 Å². The summed E-state index contributed by atoms with van der Waals surface area (Å²) >= 11 is 3.45. The van der Waals surface area contributed by atoms with Crippen LogP contribution in [0.25, 0.3) is 11.3 Å². The Morgan fingerprint density at radius 1 is 1.28 bits per heavy atom. The molecule has 6 heteroatoms. The fraction of sp³-hybridized carbons (Fsp3) is 0.250. The van der Waals surface area contributed by atoms with E-state index in [0.717, 1.165) is 21.4 Å². The van der Waals surface area contributed by atoms with Crippen LogP contribution in [0.3, 0.4) is 0 Å². The largest absolute Gasteiger partial charge is 0.281 e. The first-order valence-corrected chi connectivity index (χ1v) is 7.94. The molecule has 0 bridgehead atoms. The second-order valence-electron chi connectivity index (χ2n) is 3.94. The van der Waals surface area contributed by atoms with Crippen LogP contribution in [0.4, 0.5) is 0 Å². The standard InChI is InChI=1S/C12H13BrN2O2S/c1-3-18(16,17)10-6-4-9(5-7-10)12-11(13)8(2)14-15-12/h4-7H,3H2,1-2H3,(H,14,15). The van der Waals surface area contributed by atoms with Gasteiger partial charge in [-0.2, -0.15) is 5.10 Å². The molecule has 0 unspecified atom stereocenters. The number of aromatic amines is 1. The Kier molecular flexibility index (Phi) is 3.59. The lowest BCUT2D eigenvalue weighted by atomic mass is 10.1. The number of halogens is 1. The molecule has 0 radical (unpaired) electrons. The molecule has 0 spiro atoms. The average molecular weight is 329 g/mol. The van der Waals surface area contributed by atoms with Crippen LogP contribution in [-0.2, 0) is 9.84 Å². The van der Waals surface area contributed by atoms with Crippen molar-refractivity contribution in [2.45, 2.75) is 18.7 Å². The fourth-order valence-corrected chi connectivity index (χ4v) is 2.88. The van der Waals surface area contributed by atoms with Crippen molar-refractivity contribution in [3.8, 4) is 11.3 Å². The Morgan fingerprint density at radius 2 is 1.89 bits per heavy atom. The van der Waals surface area contributed by atoms with Crippen LogP contribution in [0.15, 0.2) is 33.6 Å². The van der Waals surface area contributed by atoms with E-state index in [2.05, 4.69) is 26.1 Å². The monoisotopic (exact) mass is 328 g/mol. The van der Waals surface area contributed by atoms with Gasteiger partial charge in [-0.15, -0.1) is 0 Å². The van der Waals surface area contributed by atoms with E-state index in [0.29, 0.717) is 4.90 Å². The van der Waals surface area contributed by atoms with Crippen LogP contribution >= 0.6 is 15.9 Å². The van der Waals surface area contributed by atoms with E-state index < -0.39 is 9.84 Å². The van der Waals surface area contributed by atoms with Gasteiger partial charge in [0.05, 0.1) is 15.1 Å². The maximum Gasteiger partial charge on any atom is 0.178 e. The number of aryl methyl sites for hydroxylation is 1. The van der Waals surface area contributed by atoms with Gasteiger partial charge in [0.2, 0.25) is 0 Å². The molecule has 0 aliphatic carbocycles. The first-order valence-electron chi connectivity index (χ1n) is 5.49. The molecule has 0 fully saturated rings. The second kappa shape index (κ2) is 4.85. The number of hydrogen-bond acceptors (Lipinski definition) is 3. The predicted molar refractivity (Wildman–Crippen MR) is 74.2 cm³/mol. The maximum absolute atomic E-state index is 11.7. The highest BCUT2D eigenvalue weighted by Gasteiger charge is 2.13. The first-order chi connectivity index (χ1) is 8.45. The molecule has 0 amide bonds. The molecule has 2 aromatic rings.